The van der Waals surface area contributed by atoms with Crippen molar-refractivity contribution >= 4 is 34.6 Å². The molecule has 0 aliphatic heterocycles. The molecule has 0 spiro atoms. The van der Waals surface area contributed by atoms with Gasteiger partial charge in [0.05, 0.1) is 9.21 Å². The van der Waals surface area contributed by atoms with Gasteiger partial charge in [0.2, 0.25) is 0 Å². The number of hydrogen-bond acceptors (Lipinski definition) is 4. The number of benzene rings is 1. The Balaban J connectivity index is 1.70. The molecular formula is C21H20ClN3OS. The van der Waals surface area contributed by atoms with Gasteiger partial charge in [-0.05, 0) is 35.7 Å². The monoisotopic (exact) mass is 397 g/mol. The highest BCUT2D eigenvalue weighted by Gasteiger charge is 2.10. The van der Waals surface area contributed by atoms with Crippen LogP contribution in [0.15, 0.2) is 54.9 Å². The van der Waals surface area contributed by atoms with Crippen LogP contribution in [0.3, 0.4) is 0 Å². The highest BCUT2D eigenvalue weighted by molar-refractivity contribution is 7.18. The number of ketones is 1. The number of rotatable bonds is 6. The van der Waals surface area contributed by atoms with Gasteiger partial charge < -0.3 is 4.90 Å². The quantitative estimate of drug-likeness (QED) is 0.355. The second kappa shape index (κ2) is 8.46. The van der Waals surface area contributed by atoms with Gasteiger partial charge in [0.25, 0.3) is 0 Å². The van der Waals surface area contributed by atoms with Crippen LogP contribution in [0, 0.1) is 5.41 Å². The minimum absolute atomic E-state index is 0.101. The number of carbonyl (C=O) groups is 1. The molecule has 0 aliphatic carbocycles. The number of pyridine rings is 1. The second-order valence-electron chi connectivity index (χ2n) is 6.43. The van der Waals surface area contributed by atoms with Gasteiger partial charge in [-0.2, -0.15) is 0 Å². The zero-order valence-corrected chi connectivity index (χ0v) is 16.8. The van der Waals surface area contributed by atoms with E-state index in [1.807, 2.05) is 44.6 Å². The van der Waals surface area contributed by atoms with E-state index in [1.165, 1.54) is 11.3 Å². The number of nitrogens with zero attached hydrogens (tertiary/aromatic N) is 2. The Morgan fingerprint density at radius 3 is 2.48 bits per heavy atom. The lowest BCUT2D eigenvalue weighted by Gasteiger charge is -2.14. The molecule has 2 aromatic heterocycles. The molecule has 6 heteroatoms. The lowest BCUT2D eigenvalue weighted by Crippen LogP contribution is -2.21. The summed E-state index contributed by atoms with van der Waals surface area (Å²) in [5, 5.41) is 8.04. The van der Waals surface area contributed by atoms with E-state index >= 15 is 0 Å². The van der Waals surface area contributed by atoms with Crippen molar-refractivity contribution in [3.63, 3.8) is 0 Å². The molecule has 138 valence electrons. The van der Waals surface area contributed by atoms with Crippen LogP contribution < -0.4 is 0 Å². The smallest absolute Gasteiger partial charge is 0.173 e. The van der Waals surface area contributed by atoms with Gasteiger partial charge in [0, 0.05) is 44.0 Å². The molecule has 27 heavy (non-hydrogen) atoms. The third-order valence-corrected chi connectivity index (χ3v) is 5.49. The van der Waals surface area contributed by atoms with E-state index in [1.54, 1.807) is 23.2 Å². The summed E-state index contributed by atoms with van der Waals surface area (Å²) in [6.45, 7) is 0. The van der Waals surface area contributed by atoms with E-state index in [4.69, 9.17) is 17.0 Å². The zero-order valence-electron chi connectivity index (χ0n) is 15.2. The first-order valence-electron chi connectivity index (χ1n) is 8.53. The first-order valence-corrected chi connectivity index (χ1v) is 9.72. The Morgan fingerprint density at radius 1 is 1.11 bits per heavy atom. The van der Waals surface area contributed by atoms with Crippen molar-refractivity contribution < 1.29 is 4.79 Å². The van der Waals surface area contributed by atoms with Crippen LogP contribution in [0.4, 0.5) is 0 Å². The molecule has 0 fully saturated rings. The fourth-order valence-electron chi connectivity index (χ4n) is 2.71. The molecule has 0 saturated heterocycles. The minimum atomic E-state index is 0.101. The summed E-state index contributed by atoms with van der Waals surface area (Å²) in [4.78, 5) is 19.0. The van der Waals surface area contributed by atoms with E-state index < -0.39 is 0 Å². The molecule has 0 amide bonds. The number of nitrogens with one attached hydrogen (secondary N) is 1. The average Bonchev–Trinajstić information content (AvgIpc) is 3.12. The Bertz CT molecular complexity index is 964. The number of thiophene rings is 1. The summed E-state index contributed by atoms with van der Waals surface area (Å²) in [5.74, 6) is 0.574. The van der Waals surface area contributed by atoms with Crippen molar-refractivity contribution in [1.82, 2.24) is 9.88 Å². The predicted octanol–water partition coefficient (Wildman–Crippen LogP) is 5.17. The summed E-state index contributed by atoms with van der Waals surface area (Å²) < 4.78 is 0.632. The van der Waals surface area contributed by atoms with Crippen LogP contribution in [0.25, 0.3) is 11.1 Å². The number of Topliss-reactive ketones (excluding diaryl/α,β-unsaturated/α-hetero) is 1. The highest BCUT2D eigenvalue weighted by atomic mass is 35.5. The molecule has 0 unspecified atom stereocenters. The predicted molar refractivity (Wildman–Crippen MR) is 112 cm³/mol. The van der Waals surface area contributed by atoms with Gasteiger partial charge in [0.1, 0.15) is 5.84 Å². The Morgan fingerprint density at radius 2 is 1.85 bits per heavy atom. The highest BCUT2D eigenvalue weighted by Crippen LogP contribution is 2.24. The molecule has 4 nitrogen and oxygen atoms in total. The van der Waals surface area contributed by atoms with Crippen molar-refractivity contribution in [3.05, 3.63) is 75.2 Å². The number of carbonyl (C=O) groups excluding carboxylic acids is 1. The summed E-state index contributed by atoms with van der Waals surface area (Å²) in [5.41, 5.74) is 3.93. The molecule has 3 rings (SSSR count). The summed E-state index contributed by atoms with van der Waals surface area (Å²) in [7, 11) is 3.71. The molecule has 1 N–H and O–H groups in total. The molecule has 2 heterocycles. The molecule has 0 atom stereocenters. The van der Waals surface area contributed by atoms with Crippen LogP contribution in [0.5, 0.6) is 0 Å². The number of aryl methyl sites for hydroxylation is 1. The van der Waals surface area contributed by atoms with Crippen molar-refractivity contribution in [1.29, 1.82) is 5.41 Å². The van der Waals surface area contributed by atoms with E-state index in [0.29, 0.717) is 27.9 Å². The maximum absolute atomic E-state index is 12.2. The number of aromatic nitrogens is 1. The molecule has 0 saturated carbocycles. The summed E-state index contributed by atoms with van der Waals surface area (Å²) in [6.07, 6.45) is 4.68. The Hall–Kier alpha value is -2.50. The second-order valence-corrected chi connectivity index (χ2v) is 8.14. The lowest BCUT2D eigenvalue weighted by molar-refractivity contribution is 0.0986. The summed E-state index contributed by atoms with van der Waals surface area (Å²) in [6, 6.07) is 13.5. The molecule has 0 aliphatic rings. The van der Waals surface area contributed by atoms with Crippen LogP contribution in [0.2, 0.25) is 4.34 Å². The zero-order chi connectivity index (χ0) is 19.4. The lowest BCUT2D eigenvalue weighted by atomic mass is 10.0. The molecule has 0 radical (unpaired) electrons. The van der Waals surface area contributed by atoms with E-state index in [0.717, 1.165) is 22.3 Å². The van der Waals surface area contributed by atoms with Crippen LogP contribution >= 0.6 is 22.9 Å². The van der Waals surface area contributed by atoms with Gasteiger partial charge in [-0.25, -0.2) is 0 Å². The first kappa shape index (κ1) is 19.3. The van der Waals surface area contributed by atoms with Gasteiger partial charge in [-0.3, -0.25) is 15.2 Å². The Kier molecular flexibility index (Phi) is 6.04. The number of hydrogen-bond donors (Lipinski definition) is 1. The molecular weight excluding hydrogens is 378 g/mol. The Labute approximate surface area is 168 Å². The van der Waals surface area contributed by atoms with Crippen LogP contribution in [-0.4, -0.2) is 35.6 Å². The maximum atomic E-state index is 12.2. The van der Waals surface area contributed by atoms with Crippen molar-refractivity contribution in [3.8, 4) is 11.1 Å². The number of halogens is 1. The van der Waals surface area contributed by atoms with E-state index in [-0.39, 0.29) is 5.78 Å². The SMILES string of the molecule is CN(C)C(=N)c1ccc(-c2cncc(CCC(=O)c3ccc(Cl)s3)c2)cc1. The standard InChI is InChI=1S/C21H20ClN3OS/c1-25(2)21(23)16-6-4-15(5-7-16)17-11-14(12-24-13-17)3-8-18(26)19-9-10-20(22)27-19/h4-7,9-13,23H,3,8H2,1-2H3. The van der Waals surface area contributed by atoms with Gasteiger partial charge >= 0.3 is 0 Å². The largest absolute Gasteiger partial charge is 0.363 e. The number of amidine groups is 1. The van der Waals surface area contributed by atoms with Gasteiger partial charge in [0.15, 0.2) is 5.78 Å². The summed E-state index contributed by atoms with van der Waals surface area (Å²) >= 11 is 7.21. The minimum Gasteiger partial charge on any atom is -0.363 e. The van der Waals surface area contributed by atoms with Crippen LogP contribution in [-0.2, 0) is 6.42 Å². The van der Waals surface area contributed by atoms with E-state index in [9.17, 15) is 4.79 Å². The van der Waals surface area contributed by atoms with E-state index in [2.05, 4.69) is 11.1 Å². The fourth-order valence-corrected chi connectivity index (χ4v) is 3.72. The van der Waals surface area contributed by atoms with Gasteiger partial charge in [-0.15, -0.1) is 11.3 Å². The molecule has 3 aromatic rings. The topological polar surface area (TPSA) is 57.1 Å². The molecule has 0 bridgehead atoms. The fraction of sp³-hybridized carbons (Fsp3) is 0.190. The van der Waals surface area contributed by atoms with Gasteiger partial charge in [-0.1, -0.05) is 35.9 Å². The van der Waals surface area contributed by atoms with Crippen molar-refractivity contribution in [2.45, 2.75) is 12.8 Å². The third kappa shape index (κ3) is 4.81. The maximum Gasteiger partial charge on any atom is 0.173 e. The van der Waals surface area contributed by atoms with Crippen molar-refractivity contribution in [2.24, 2.45) is 0 Å². The first-order chi connectivity index (χ1) is 12.9. The molecule has 1 aromatic carbocycles. The third-order valence-electron chi connectivity index (χ3n) is 4.22. The average molecular weight is 398 g/mol. The normalized spacial score (nSPS) is 10.6. The van der Waals surface area contributed by atoms with Crippen LogP contribution in [0.1, 0.15) is 27.2 Å². The van der Waals surface area contributed by atoms with Crippen molar-refractivity contribution in [2.75, 3.05) is 14.1 Å².